The van der Waals surface area contributed by atoms with Gasteiger partial charge in [-0.2, -0.15) is 0 Å². The van der Waals surface area contributed by atoms with Crippen molar-refractivity contribution in [2.45, 2.75) is 47.3 Å². The van der Waals surface area contributed by atoms with E-state index in [0.717, 1.165) is 36.2 Å². The van der Waals surface area contributed by atoms with E-state index >= 15 is 0 Å². The number of aliphatic imine (C=N–C) groups is 1. The monoisotopic (exact) mass is 357 g/mol. The Labute approximate surface area is 156 Å². The largest absolute Gasteiger partial charge is 0.494 e. The lowest BCUT2D eigenvalue weighted by Gasteiger charge is -2.14. The lowest BCUT2D eigenvalue weighted by Crippen LogP contribution is -2.37. The molecular weight excluding hydrogens is 326 g/mol. The highest BCUT2D eigenvalue weighted by Gasteiger charge is 2.07. The maximum atomic E-state index is 5.68. The molecule has 1 aromatic carbocycles. The Morgan fingerprint density at radius 2 is 2.04 bits per heavy atom. The molecule has 0 aliphatic heterocycles. The van der Waals surface area contributed by atoms with Crippen LogP contribution in [0.15, 0.2) is 41.7 Å². The molecule has 2 aromatic rings. The van der Waals surface area contributed by atoms with Crippen LogP contribution in [0.2, 0.25) is 0 Å². The molecule has 0 atom stereocenters. The molecule has 0 aliphatic rings. The number of ether oxygens (including phenoxy) is 1. The highest BCUT2D eigenvalue weighted by Crippen LogP contribution is 2.18. The topological polar surface area (TPSA) is 63.5 Å². The van der Waals surface area contributed by atoms with Gasteiger partial charge in [0.25, 0.3) is 0 Å². The quantitative estimate of drug-likeness (QED) is 0.534. The van der Waals surface area contributed by atoms with Crippen LogP contribution in [0.3, 0.4) is 0 Å². The molecule has 6 heteroatoms. The summed E-state index contributed by atoms with van der Waals surface area (Å²) in [7, 11) is 0. The van der Waals surface area contributed by atoms with Crippen LogP contribution in [0.4, 0.5) is 0 Å². The number of nitrogens with zero attached hydrogens (tertiary/aromatic N) is 3. The van der Waals surface area contributed by atoms with Crippen molar-refractivity contribution in [3.8, 4) is 5.75 Å². The first-order valence-corrected chi connectivity index (χ1v) is 9.36. The van der Waals surface area contributed by atoms with Crippen molar-refractivity contribution < 1.29 is 4.74 Å². The van der Waals surface area contributed by atoms with E-state index in [2.05, 4.69) is 41.0 Å². The van der Waals surface area contributed by atoms with Gasteiger partial charge in [-0.1, -0.05) is 32.0 Å². The summed E-state index contributed by atoms with van der Waals surface area (Å²) in [6.45, 7) is 12.1. The fourth-order valence-corrected chi connectivity index (χ4v) is 2.67. The van der Waals surface area contributed by atoms with Gasteiger partial charge in [-0.15, -0.1) is 0 Å². The molecule has 6 nitrogen and oxygen atoms in total. The summed E-state index contributed by atoms with van der Waals surface area (Å²) in [5, 5.41) is 6.66. The molecule has 0 bridgehead atoms. The predicted molar refractivity (Wildman–Crippen MR) is 106 cm³/mol. The van der Waals surface area contributed by atoms with Crippen molar-refractivity contribution >= 4 is 5.96 Å². The Balaban J connectivity index is 2.02. The first-order chi connectivity index (χ1) is 12.6. The summed E-state index contributed by atoms with van der Waals surface area (Å²) in [6.07, 6.45) is 3.88. The molecule has 0 fully saturated rings. The second-order valence-electron chi connectivity index (χ2n) is 6.48. The molecule has 0 amide bonds. The van der Waals surface area contributed by atoms with Crippen LogP contribution in [0.5, 0.6) is 5.75 Å². The predicted octanol–water partition coefficient (Wildman–Crippen LogP) is 3.19. The van der Waals surface area contributed by atoms with Crippen LogP contribution in [0.25, 0.3) is 0 Å². The van der Waals surface area contributed by atoms with Gasteiger partial charge in [0.05, 0.1) is 19.7 Å². The summed E-state index contributed by atoms with van der Waals surface area (Å²) in [5.41, 5.74) is 1.08. The third-order valence-electron chi connectivity index (χ3n) is 3.80. The zero-order valence-corrected chi connectivity index (χ0v) is 16.3. The SMILES string of the molecule is CCNC(=NCc1ccccc1OCC)NCc1nccn1CC(C)C. The Morgan fingerprint density at radius 1 is 1.23 bits per heavy atom. The first-order valence-electron chi connectivity index (χ1n) is 9.36. The molecule has 26 heavy (non-hydrogen) atoms. The number of guanidine groups is 1. The van der Waals surface area contributed by atoms with Crippen LogP contribution in [0, 0.1) is 5.92 Å². The van der Waals surface area contributed by atoms with E-state index in [-0.39, 0.29) is 0 Å². The van der Waals surface area contributed by atoms with E-state index in [1.807, 2.05) is 43.6 Å². The Kier molecular flexibility index (Phi) is 7.99. The minimum Gasteiger partial charge on any atom is -0.494 e. The average Bonchev–Trinajstić information content (AvgIpc) is 3.05. The number of hydrogen-bond donors (Lipinski definition) is 2. The van der Waals surface area contributed by atoms with Crippen molar-refractivity contribution in [2.24, 2.45) is 10.9 Å². The third-order valence-corrected chi connectivity index (χ3v) is 3.80. The van der Waals surface area contributed by atoms with Crippen molar-refractivity contribution in [1.29, 1.82) is 0 Å². The smallest absolute Gasteiger partial charge is 0.191 e. The number of rotatable bonds is 9. The van der Waals surface area contributed by atoms with Crippen LogP contribution in [0.1, 0.15) is 39.1 Å². The number of imidazole rings is 1. The summed E-state index contributed by atoms with van der Waals surface area (Å²) >= 11 is 0. The average molecular weight is 358 g/mol. The fraction of sp³-hybridized carbons (Fsp3) is 0.500. The zero-order chi connectivity index (χ0) is 18.8. The number of nitrogens with one attached hydrogen (secondary N) is 2. The van der Waals surface area contributed by atoms with Gasteiger partial charge in [0.1, 0.15) is 11.6 Å². The molecule has 2 N–H and O–H groups in total. The zero-order valence-electron chi connectivity index (χ0n) is 16.3. The standard InChI is InChI=1S/C20H31N5O/c1-5-21-20(23-13-17-9-7-8-10-18(17)26-6-2)24-14-19-22-11-12-25(19)15-16(3)4/h7-12,16H,5-6,13-15H2,1-4H3,(H2,21,23,24). The highest BCUT2D eigenvalue weighted by atomic mass is 16.5. The minimum absolute atomic E-state index is 0.561. The number of hydrogen-bond acceptors (Lipinski definition) is 3. The number of aromatic nitrogens is 2. The molecule has 1 heterocycles. The summed E-state index contributed by atoms with van der Waals surface area (Å²) in [5.74, 6) is 3.26. The molecule has 0 aliphatic carbocycles. The van der Waals surface area contributed by atoms with Gasteiger partial charge >= 0.3 is 0 Å². The molecular formula is C20H31N5O. The van der Waals surface area contributed by atoms with Crippen molar-refractivity contribution in [3.05, 3.63) is 48.0 Å². The second kappa shape index (κ2) is 10.5. The van der Waals surface area contributed by atoms with Gasteiger partial charge in [0.15, 0.2) is 5.96 Å². The second-order valence-corrected chi connectivity index (χ2v) is 6.48. The van der Waals surface area contributed by atoms with Crippen LogP contribution < -0.4 is 15.4 Å². The third kappa shape index (κ3) is 6.10. The van der Waals surface area contributed by atoms with Crippen LogP contribution in [-0.4, -0.2) is 28.7 Å². The van der Waals surface area contributed by atoms with Crippen molar-refractivity contribution in [2.75, 3.05) is 13.2 Å². The summed E-state index contributed by atoms with van der Waals surface area (Å²) in [4.78, 5) is 9.15. The normalized spacial score (nSPS) is 11.7. The van der Waals surface area contributed by atoms with Gasteiger partial charge in [-0.05, 0) is 25.8 Å². The molecule has 2 rings (SSSR count). The number of para-hydroxylation sites is 1. The molecule has 0 unspecified atom stereocenters. The molecule has 0 radical (unpaired) electrons. The number of benzene rings is 1. The van der Waals surface area contributed by atoms with Crippen molar-refractivity contribution in [3.63, 3.8) is 0 Å². The molecule has 0 saturated heterocycles. The van der Waals surface area contributed by atoms with Gasteiger partial charge < -0.3 is 19.9 Å². The van der Waals surface area contributed by atoms with Gasteiger partial charge in [-0.3, -0.25) is 0 Å². The summed E-state index contributed by atoms with van der Waals surface area (Å²) in [6, 6.07) is 8.03. The van der Waals surface area contributed by atoms with Crippen LogP contribution >= 0.6 is 0 Å². The summed E-state index contributed by atoms with van der Waals surface area (Å²) < 4.78 is 7.86. The van der Waals surface area contributed by atoms with Gasteiger partial charge in [-0.25, -0.2) is 9.98 Å². The Hall–Kier alpha value is -2.50. The first kappa shape index (κ1) is 19.8. The Morgan fingerprint density at radius 3 is 2.77 bits per heavy atom. The maximum Gasteiger partial charge on any atom is 0.191 e. The lowest BCUT2D eigenvalue weighted by atomic mass is 10.2. The van der Waals surface area contributed by atoms with E-state index in [1.54, 1.807) is 0 Å². The van der Waals surface area contributed by atoms with Crippen molar-refractivity contribution in [1.82, 2.24) is 20.2 Å². The molecule has 0 saturated carbocycles. The van der Waals surface area contributed by atoms with E-state index in [4.69, 9.17) is 9.73 Å². The Bertz CT molecular complexity index is 693. The molecule has 1 aromatic heterocycles. The van der Waals surface area contributed by atoms with Crippen LogP contribution in [-0.2, 0) is 19.6 Å². The lowest BCUT2D eigenvalue weighted by molar-refractivity contribution is 0.336. The van der Waals surface area contributed by atoms with Gasteiger partial charge in [0, 0.05) is 31.0 Å². The van der Waals surface area contributed by atoms with Gasteiger partial charge in [0.2, 0.25) is 0 Å². The van der Waals surface area contributed by atoms with E-state index in [9.17, 15) is 0 Å². The molecule has 0 spiro atoms. The van der Waals surface area contributed by atoms with E-state index in [1.165, 1.54) is 0 Å². The fourth-order valence-electron chi connectivity index (χ4n) is 2.67. The highest BCUT2D eigenvalue weighted by molar-refractivity contribution is 5.79. The van der Waals surface area contributed by atoms with E-state index < -0.39 is 0 Å². The van der Waals surface area contributed by atoms with E-state index in [0.29, 0.717) is 25.6 Å². The minimum atomic E-state index is 0.561. The molecule has 142 valence electrons. The maximum absolute atomic E-state index is 5.68.